The summed E-state index contributed by atoms with van der Waals surface area (Å²) < 4.78 is 59.6. The van der Waals surface area contributed by atoms with Crippen molar-refractivity contribution < 1.29 is 21.6 Å². The Hall–Kier alpha value is -2.02. The molecule has 2 aliphatic rings. The number of hydrogen-bond donors (Lipinski definition) is 2. The van der Waals surface area contributed by atoms with E-state index < -0.39 is 20.0 Å². The van der Waals surface area contributed by atoms with Gasteiger partial charge in [-0.1, -0.05) is 0 Å². The summed E-state index contributed by atoms with van der Waals surface area (Å²) in [7, 11) is -7.04. The molecule has 2 aromatic rings. The third kappa shape index (κ3) is 4.92. The molecular weight excluding hydrogens is 440 g/mol. The molecule has 0 aliphatic carbocycles. The van der Waals surface area contributed by atoms with Crippen LogP contribution in [0.2, 0.25) is 0 Å². The summed E-state index contributed by atoms with van der Waals surface area (Å²) in [4.78, 5) is 0.443. The average molecular weight is 467 g/mol. The molecule has 2 fully saturated rings. The molecule has 0 saturated carbocycles. The maximum Gasteiger partial charge on any atom is 0.243 e. The number of hydrogen-bond acceptors (Lipinski definition) is 7. The molecule has 4 rings (SSSR count). The lowest BCUT2D eigenvalue weighted by Crippen LogP contribution is -2.46. The van der Waals surface area contributed by atoms with E-state index >= 15 is 0 Å². The summed E-state index contributed by atoms with van der Waals surface area (Å²) in [5, 5.41) is 6.27. The zero-order valence-corrected chi connectivity index (χ0v) is 18.7. The predicted molar refractivity (Wildman–Crippen MR) is 116 cm³/mol. The first-order valence-electron chi connectivity index (χ1n) is 10.2. The smallest absolute Gasteiger partial charge is 0.243 e. The molecular formula is C20H26N4O5S2. The number of piperazine rings is 2. The second kappa shape index (κ2) is 9.23. The molecule has 0 radical (unpaired) electrons. The quantitative estimate of drug-likeness (QED) is 0.644. The van der Waals surface area contributed by atoms with E-state index in [1.54, 1.807) is 24.3 Å². The summed E-state index contributed by atoms with van der Waals surface area (Å²) in [6.45, 7) is 4.35. The Morgan fingerprint density at radius 1 is 0.581 bits per heavy atom. The van der Waals surface area contributed by atoms with Crippen LogP contribution in [-0.2, 0) is 20.0 Å². The van der Waals surface area contributed by atoms with Gasteiger partial charge in [0.1, 0.15) is 11.5 Å². The van der Waals surface area contributed by atoms with E-state index in [-0.39, 0.29) is 9.79 Å². The minimum atomic E-state index is -3.52. The van der Waals surface area contributed by atoms with E-state index in [2.05, 4.69) is 10.6 Å². The highest BCUT2D eigenvalue weighted by Crippen LogP contribution is 2.26. The minimum absolute atomic E-state index is 0.221. The van der Waals surface area contributed by atoms with Gasteiger partial charge in [-0.15, -0.1) is 0 Å². The van der Waals surface area contributed by atoms with Gasteiger partial charge in [-0.05, 0) is 48.5 Å². The van der Waals surface area contributed by atoms with Crippen molar-refractivity contribution in [2.45, 2.75) is 9.79 Å². The van der Waals surface area contributed by atoms with E-state index in [0.717, 1.165) is 0 Å². The highest BCUT2D eigenvalue weighted by Gasteiger charge is 2.27. The van der Waals surface area contributed by atoms with E-state index in [4.69, 9.17) is 4.74 Å². The van der Waals surface area contributed by atoms with Crippen LogP contribution in [0.5, 0.6) is 11.5 Å². The fraction of sp³-hybridized carbons (Fsp3) is 0.400. The molecule has 0 atom stereocenters. The van der Waals surface area contributed by atoms with Gasteiger partial charge in [-0.3, -0.25) is 0 Å². The lowest BCUT2D eigenvalue weighted by atomic mass is 10.3. The van der Waals surface area contributed by atoms with Gasteiger partial charge in [0.15, 0.2) is 0 Å². The molecule has 168 valence electrons. The van der Waals surface area contributed by atoms with Gasteiger partial charge in [0, 0.05) is 52.4 Å². The third-order valence-electron chi connectivity index (χ3n) is 5.31. The zero-order chi connectivity index (χ0) is 21.9. The first-order valence-corrected chi connectivity index (χ1v) is 13.1. The summed E-state index contributed by atoms with van der Waals surface area (Å²) in [6.07, 6.45) is 0. The highest BCUT2D eigenvalue weighted by atomic mass is 32.2. The lowest BCUT2D eigenvalue weighted by molar-refractivity contribution is 0.360. The van der Waals surface area contributed by atoms with Crippen LogP contribution < -0.4 is 15.4 Å². The van der Waals surface area contributed by atoms with E-state index in [0.29, 0.717) is 63.9 Å². The molecule has 9 nitrogen and oxygen atoms in total. The third-order valence-corrected chi connectivity index (χ3v) is 9.14. The van der Waals surface area contributed by atoms with Crippen molar-refractivity contribution in [2.75, 3.05) is 52.4 Å². The number of sulfonamides is 2. The van der Waals surface area contributed by atoms with Crippen LogP contribution in [0.3, 0.4) is 0 Å². The van der Waals surface area contributed by atoms with Crippen molar-refractivity contribution in [2.24, 2.45) is 0 Å². The van der Waals surface area contributed by atoms with Crippen LogP contribution in [0.15, 0.2) is 58.3 Å². The maximum absolute atomic E-state index is 12.7. The Balaban J connectivity index is 1.43. The lowest BCUT2D eigenvalue weighted by Gasteiger charge is -2.26. The van der Waals surface area contributed by atoms with E-state index in [1.807, 2.05) is 0 Å². The number of benzene rings is 2. The molecule has 2 aliphatic heterocycles. The SMILES string of the molecule is O=S(=O)(c1ccc(Oc2ccc(S(=O)(=O)N3CCNCC3)cc2)cc1)N1CCNCC1. The Labute approximate surface area is 183 Å². The zero-order valence-electron chi connectivity index (χ0n) is 17.0. The van der Waals surface area contributed by atoms with Gasteiger partial charge < -0.3 is 15.4 Å². The Kier molecular flexibility index (Phi) is 6.60. The molecule has 2 N–H and O–H groups in total. The molecule has 2 aromatic carbocycles. The monoisotopic (exact) mass is 466 g/mol. The molecule has 0 unspecified atom stereocenters. The van der Waals surface area contributed by atoms with Gasteiger partial charge >= 0.3 is 0 Å². The Bertz CT molecular complexity index is 1000. The van der Waals surface area contributed by atoms with Crippen molar-refractivity contribution in [3.8, 4) is 11.5 Å². The standard InChI is InChI=1S/C20H26N4O5S2/c25-30(26,23-13-9-21-10-14-23)19-5-1-17(2-6-19)29-18-3-7-20(8-4-18)31(27,28)24-15-11-22-12-16-24/h1-8,21-22H,9-16H2. The van der Waals surface area contributed by atoms with Gasteiger partial charge in [0.05, 0.1) is 9.79 Å². The largest absolute Gasteiger partial charge is 0.457 e. The van der Waals surface area contributed by atoms with Gasteiger partial charge in [0.2, 0.25) is 20.0 Å². The molecule has 2 saturated heterocycles. The fourth-order valence-electron chi connectivity index (χ4n) is 3.56. The topological polar surface area (TPSA) is 108 Å². The van der Waals surface area contributed by atoms with Crippen LogP contribution in [0.25, 0.3) is 0 Å². The first kappa shape index (κ1) is 22.2. The molecule has 0 aromatic heterocycles. The van der Waals surface area contributed by atoms with E-state index in [1.165, 1.54) is 32.9 Å². The fourth-order valence-corrected chi connectivity index (χ4v) is 6.45. The highest BCUT2D eigenvalue weighted by molar-refractivity contribution is 7.89. The normalized spacial score (nSPS) is 19.2. The number of nitrogens with zero attached hydrogens (tertiary/aromatic N) is 2. The van der Waals surface area contributed by atoms with Crippen LogP contribution >= 0.6 is 0 Å². The van der Waals surface area contributed by atoms with Crippen LogP contribution in [0, 0.1) is 0 Å². The molecule has 31 heavy (non-hydrogen) atoms. The van der Waals surface area contributed by atoms with Gasteiger partial charge in [-0.2, -0.15) is 8.61 Å². The molecule has 0 spiro atoms. The van der Waals surface area contributed by atoms with Crippen molar-refractivity contribution >= 4 is 20.0 Å². The summed E-state index contributed by atoms with van der Waals surface area (Å²) in [5.74, 6) is 0.939. The van der Waals surface area contributed by atoms with Crippen molar-refractivity contribution in [3.05, 3.63) is 48.5 Å². The second-order valence-electron chi connectivity index (χ2n) is 7.35. The Morgan fingerprint density at radius 2 is 0.903 bits per heavy atom. The van der Waals surface area contributed by atoms with Crippen LogP contribution in [0.1, 0.15) is 0 Å². The minimum Gasteiger partial charge on any atom is -0.457 e. The van der Waals surface area contributed by atoms with Crippen molar-refractivity contribution in [3.63, 3.8) is 0 Å². The number of nitrogens with one attached hydrogen (secondary N) is 2. The molecule has 0 amide bonds. The average Bonchev–Trinajstić information content (AvgIpc) is 2.81. The number of rotatable bonds is 6. The van der Waals surface area contributed by atoms with Crippen molar-refractivity contribution in [1.82, 2.24) is 19.2 Å². The first-order chi connectivity index (χ1) is 14.9. The van der Waals surface area contributed by atoms with Gasteiger partial charge in [0.25, 0.3) is 0 Å². The molecule has 0 bridgehead atoms. The summed E-state index contributed by atoms with van der Waals surface area (Å²) in [5.41, 5.74) is 0. The van der Waals surface area contributed by atoms with E-state index in [9.17, 15) is 16.8 Å². The van der Waals surface area contributed by atoms with Crippen LogP contribution in [-0.4, -0.2) is 77.8 Å². The predicted octanol–water partition coefficient (Wildman–Crippen LogP) is 0.667. The van der Waals surface area contributed by atoms with Crippen LogP contribution in [0.4, 0.5) is 0 Å². The molecule has 11 heteroatoms. The number of ether oxygens (including phenoxy) is 1. The second-order valence-corrected chi connectivity index (χ2v) is 11.2. The Morgan fingerprint density at radius 3 is 1.23 bits per heavy atom. The molecule has 2 heterocycles. The summed E-state index contributed by atoms with van der Waals surface area (Å²) >= 11 is 0. The summed E-state index contributed by atoms with van der Waals surface area (Å²) in [6, 6.07) is 12.5. The van der Waals surface area contributed by atoms with Crippen molar-refractivity contribution in [1.29, 1.82) is 0 Å². The maximum atomic E-state index is 12.7. The van der Waals surface area contributed by atoms with Gasteiger partial charge in [-0.25, -0.2) is 16.8 Å².